The number of ether oxygens (including phenoxy) is 1. The maximum Gasteiger partial charge on any atom is 0.123 e. The van der Waals surface area contributed by atoms with Crippen molar-refractivity contribution in [2.75, 3.05) is 13.2 Å². The number of hydrogen-bond acceptors (Lipinski definition) is 2. The summed E-state index contributed by atoms with van der Waals surface area (Å²) in [5, 5.41) is 3.32. The summed E-state index contributed by atoms with van der Waals surface area (Å²) >= 11 is 0. The monoisotopic (exact) mass is 289 g/mol. The Morgan fingerprint density at radius 1 is 1.31 bits per heavy atom. The molecule has 16 heavy (non-hydrogen) atoms. The van der Waals surface area contributed by atoms with Crippen LogP contribution in [0.2, 0.25) is 0 Å². The van der Waals surface area contributed by atoms with Crippen LogP contribution in [0.15, 0.2) is 24.3 Å². The molecule has 0 saturated carbocycles. The van der Waals surface area contributed by atoms with Crippen molar-refractivity contribution >= 4 is 17.0 Å². The minimum absolute atomic E-state index is 0. The second-order valence-corrected chi connectivity index (χ2v) is 3.89. The summed E-state index contributed by atoms with van der Waals surface area (Å²) in [6, 6.07) is 6.59. The summed E-state index contributed by atoms with van der Waals surface area (Å²) in [4.78, 5) is 0. The lowest BCUT2D eigenvalue weighted by atomic mass is 10.2. The second kappa shape index (κ2) is 6.99. The zero-order valence-electron chi connectivity index (χ0n) is 9.12. The third-order valence-corrected chi connectivity index (χ3v) is 2.64. The van der Waals surface area contributed by atoms with Crippen LogP contribution in [0.1, 0.15) is 18.4 Å². The van der Waals surface area contributed by atoms with Gasteiger partial charge in [-0.3, -0.25) is 0 Å². The first-order valence-corrected chi connectivity index (χ1v) is 5.41. The van der Waals surface area contributed by atoms with Gasteiger partial charge in [-0.05, 0) is 30.5 Å². The van der Waals surface area contributed by atoms with Crippen LogP contribution in [0.3, 0.4) is 0 Å². The summed E-state index contributed by atoms with van der Waals surface area (Å²) in [6.07, 6.45) is 2.68. The molecule has 1 aliphatic heterocycles. The predicted molar refractivity (Wildman–Crippen MR) is 67.4 cm³/mol. The molecule has 4 heteroatoms. The van der Waals surface area contributed by atoms with E-state index in [0.717, 1.165) is 31.7 Å². The quantitative estimate of drug-likeness (QED) is 0.920. The molecule has 1 heterocycles. The first-order valence-electron chi connectivity index (χ1n) is 5.41. The van der Waals surface area contributed by atoms with Crippen LogP contribution in [0.25, 0.3) is 0 Å². The number of hydrogen-bond donors (Lipinski definition) is 1. The van der Waals surface area contributed by atoms with E-state index < -0.39 is 0 Å². The van der Waals surface area contributed by atoms with E-state index >= 15 is 0 Å². The van der Waals surface area contributed by atoms with Crippen LogP contribution in [-0.2, 0) is 11.3 Å². The van der Waals surface area contributed by atoms with Crippen molar-refractivity contribution < 1.29 is 9.13 Å². The van der Waals surface area contributed by atoms with E-state index in [9.17, 15) is 4.39 Å². The minimum atomic E-state index is -0.183. The van der Waals surface area contributed by atoms with Crippen LogP contribution < -0.4 is 5.32 Å². The Kier molecular flexibility index (Phi) is 5.95. The Hall–Kier alpha value is -0.450. The van der Waals surface area contributed by atoms with Crippen LogP contribution in [-0.4, -0.2) is 19.3 Å². The molecule has 1 aliphatic rings. The standard InChI is InChI=1S/C12H16FNO.BrH/c13-11-5-3-10(4-6-11)8-14-9-12-2-1-7-15-12;/h3-6,12,14H,1-2,7-9H2;1H. The molecule has 0 bridgehead atoms. The fourth-order valence-electron chi connectivity index (χ4n) is 1.79. The molecule has 1 atom stereocenters. The molecule has 1 saturated heterocycles. The fraction of sp³-hybridized carbons (Fsp3) is 0.500. The molecule has 0 radical (unpaired) electrons. The predicted octanol–water partition coefficient (Wildman–Crippen LogP) is 2.67. The molecule has 0 aliphatic carbocycles. The smallest absolute Gasteiger partial charge is 0.123 e. The summed E-state index contributed by atoms with van der Waals surface area (Å²) < 4.78 is 18.1. The van der Waals surface area contributed by atoms with Crippen LogP contribution in [0.5, 0.6) is 0 Å². The lowest BCUT2D eigenvalue weighted by Crippen LogP contribution is -2.25. The fourth-order valence-corrected chi connectivity index (χ4v) is 1.79. The van der Waals surface area contributed by atoms with Gasteiger partial charge in [0.15, 0.2) is 0 Å². The molecule has 1 N–H and O–H groups in total. The van der Waals surface area contributed by atoms with Gasteiger partial charge < -0.3 is 10.1 Å². The SMILES string of the molecule is Br.Fc1ccc(CNCC2CCCO2)cc1. The minimum Gasteiger partial charge on any atom is -0.377 e. The number of halogens is 2. The second-order valence-electron chi connectivity index (χ2n) is 3.89. The average Bonchev–Trinajstić information content (AvgIpc) is 2.74. The van der Waals surface area contributed by atoms with E-state index in [0.29, 0.717) is 6.10 Å². The molecule has 90 valence electrons. The van der Waals surface area contributed by atoms with E-state index in [2.05, 4.69) is 5.32 Å². The molecule has 0 spiro atoms. The van der Waals surface area contributed by atoms with Crippen molar-refractivity contribution in [1.29, 1.82) is 0 Å². The van der Waals surface area contributed by atoms with Gasteiger partial charge in [0.25, 0.3) is 0 Å². The van der Waals surface area contributed by atoms with E-state index in [1.54, 1.807) is 12.1 Å². The van der Waals surface area contributed by atoms with Gasteiger partial charge in [-0.15, -0.1) is 17.0 Å². The van der Waals surface area contributed by atoms with Crippen LogP contribution in [0, 0.1) is 5.82 Å². The van der Waals surface area contributed by atoms with Crippen molar-refractivity contribution in [3.8, 4) is 0 Å². The third kappa shape index (κ3) is 4.20. The van der Waals surface area contributed by atoms with Gasteiger partial charge in [-0.2, -0.15) is 0 Å². The number of nitrogens with one attached hydrogen (secondary N) is 1. The first-order chi connectivity index (χ1) is 7.34. The van der Waals surface area contributed by atoms with Gasteiger partial charge in [0, 0.05) is 19.7 Å². The summed E-state index contributed by atoms with van der Waals surface area (Å²) in [5.74, 6) is -0.183. The van der Waals surface area contributed by atoms with Crippen molar-refractivity contribution in [3.63, 3.8) is 0 Å². The Bertz CT molecular complexity index is 298. The van der Waals surface area contributed by atoms with Gasteiger partial charge in [-0.1, -0.05) is 12.1 Å². The van der Waals surface area contributed by atoms with Gasteiger partial charge >= 0.3 is 0 Å². The highest BCUT2D eigenvalue weighted by Gasteiger charge is 2.14. The maximum absolute atomic E-state index is 12.6. The van der Waals surface area contributed by atoms with E-state index in [4.69, 9.17) is 4.74 Å². The normalized spacial score (nSPS) is 19.4. The lowest BCUT2D eigenvalue weighted by Gasteiger charge is -2.10. The topological polar surface area (TPSA) is 21.3 Å². The molecular formula is C12H17BrFNO. The molecular weight excluding hydrogens is 273 g/mol. The Morgan fingerprint density at radius 3 is 2.69 bits per heavy atom. The highest BCUT2D eigenvalue weighted by molar-refractivity contribution is 8.93. The van der Waals surface area contributed by atoms with Crippen LogP contribution in [0.4, 0.5) is 4.39 Å². The number of benzene rings is 1. The van der Waals surface area contributed by atoms with Crippen molar-refractivity contribution in [1.82, 2.24) is 5.32 Å². The summed E-state index contributed by atoms with van der Waals surface area (Å²) in [6.45, 7) is 2.56. The van der Waals surface area contributed by atoms with Crippen molar-refractivity contribution in [2.45, 2.75) is 25.5 Å². The molecule has 0 aromatic heterocycles. The highest BCUT2D eigenvalue weighted by atomic mass is 79.9. The van der Waals surface area contributed by atoms with E-state index in [-0.39, 0.29) is 22.8 Å². The lowest BCUT2D eigenvalue weighted by molar-refractivity contribution is 0.110. The first kappa shape index (κ1) is 13.6. The van der Waals surface area contributed by atoms with Gasteiger partial charge in [0.1, 0.15) is 5.82 Å². The molecule has 1 unspecified atom stereocenters. The zero-order chi connectivity index (χ0) is 10.5. The van der Waals surface area contributed by atoms with Crippen molar-refractivity contribution in [2.24, 2.45) is 0 Å². The van der Waals surface area contributed by atoms with E-state index in [1.165, 1.54) is 18.6 Å². The van der Waals surface area contributed by atoms with Crippen molar-refractivity contribution in [3.05, 3.63) is 35.6 Å². The molecule has 2 rings (SSSR count). The van der Waals surface area contributed by atoms with Crippen LogP contribution >= 0.6 is 17.0 Å². The van der Waals surface area contributed by atoms with Gasteiger partial charge in [-0.25, -0.2) is 4.39 Å². The largest absolute Gasteiger partial charge is 0.377 e. The average molecular weight is 290 g/mol. The molecule has 1 aromatic carbocycles. The third-order valence-electron chi connectivity index (χ3n) is 2.64. The van der Waals surface area contributed by atoms with Gasteiger partial charge in [0.05, 0.1) is 6.10 Å². The number of rotatable bonds is 4. The molecule has 1 fully saturated rings. The zero-order valence-corrected chi connectivity index (χ0v) is 10.8. The van der Waals surface area contributed by atoms with E-state index in [1.807, 2.05) is 0 Å². The molecule has 0 amide bonds. The summed E-state index contributed by atoms with van der Waals surface area (Å²) in [7, 11) is 0. The van der Waals surface area contributed by atoms with Gasteiger partial charge in [0.2, 0.25) is 0 Å². The summed E-state index contributed by atoms with van der Waals surface area (Å²) in [5.41, 5.74) is 1.11. The molecule has 2 nitrogen and oxygen atoms in total. The Labute approximate surface area is 106 Å². The molecule has 1 aromatic rings. The maximum atomic E-state index is 12.6. The Morgan fingerprint density at radius 2 is 2.06 bits per heavy atom. The Balaban J connectivity index is 0.00000128. The highest BCUT2D eigenvalue weighted by Crippen LogP contribution is 2.10.